The molecule has 0 bridgehead atoms. The molecule has 0 aliphatic rings. The van der Waals surface area contributed by atoms with Crippen LogP contribution in [0.2, 0.25) is 10.0 Å². The number of nitrogens with zero attached hydrogens (tertiary/aromatic N) is 1. The van der Waals surface area contributed by atoms with E-state index in [4.69, 9.17) is 23.2 Å². The van der Waals surface area contributed by atoms with Gasteiger partial charge in [0.1, 0.15) is 0 Å². The third-order valence-corrected chi connectivity index (χ3v) is 3.09. The Kier molecular flexibility index (Phi) is 5.89. The molecule has 0 saturated heterocycles. The van der Waals surface area contributed by atoms with Crippen LogP contribution in [0.1, 0.15) is 12.5 Å². The molecule has 0 aromatic heterocycles. The van der Waals surface area contributed by atoms with Gasteiger partial charge in [-0.05, 0) is 44.8 Å². The molecule has 0 saturated carbocycles. The first-order valence-electron chi connectivity index (χ1n) is 5.82. The molecule has 18 heavy (non-hydrogen) atoms. The van der Waals surface area contributed by atoms with Crippen LogP contribution in [-0.4, -0.2) is 42.8 Å². The maximum Gasteiger partial charge on any atom is 0.0869 e. The summed E-state index contributed by atoms with van der Waals surface area (Å²) in [6.45, 7) is 3.49. The minimum Gasteiger partial charge on any atom is -0.388 e. The second-order valence-corrected chi connectivity index (χ2v) is 5.92. The van der Waals surface area contributed by atoms with Gasteiger partial charge in [0, 0.05) is 29.7 Å². The number of aliphatic hydroxyl groups is 1. The lowest BCUT2D eigenvalue weighted by Gasteiger charge is -2.27. The van der Waals surface area contributed by atoms with E-state index in [0.29, 0.717) is 29.7 Å². The van der Waals surface area contributed by atoms with Crippen LogP contribution in [0.15, 0.2) is 18.2 Å². The second-order valence-electron chi connectivity index (χ2n) is 5.07. The Labute approximate surface area is 119 Å². The van der Waals surface area contributed by atoms with E-state index in [1.165, 1.54) is 0 Å². The summed E-state index contributed by atoms with van der Waals surface area (Å²) in [5, 5.41) is 14.7. The highest BCUT2D eigenvalue weighted by Gasteiger charge is 2.20. The quantitative estimate of drug-likeness (QED) is 0.845. The number of benzene rings is 1. The van der Waals surface area contributed by atoms with Crippen LogP contribution in [0.3, 0.4) is 0 Å². The third kappa shape index (κ3) is 5.55. The van der Waals surface area contributed by atoms with Crippen molar-refractivity contribution in [2.24, 2.45) is 0 Å². The fourth-order valence-electron chi connectivity index (χ4n) is 1.88. The molecule has 102 valence electrons. The van der Waals surface area contributed by atoms with Crippen LogP contribution in [0, 0.1) is 0 Å². The normalized spacial score (nSPS) is 14.8. The van der Waals surface area contributed by atoms with E-state index < -0.39 is 5.60 Å². The monoisotopic (exact) mass is 290 g/mol. The second kappa shape index (κ2) is 6.73. The number of halogens is 2. The van der Waals surface area contributed by atoms with Gasteiger partial charge in [-0.25, -0.2) is 0 Å². The lowest BCUT2D eigenvalue weighted by atomic mass is 10.1. The van der Waals surface area contributed by atoms with E-state index in [9.17, 15) is 5.11 Å². The molecule has 0 radical (unpaired) electrons. The highest BCUT2D eigenvalue weighted by atomic mass is 35.5. The van der Waals surface area contributed by atoms with Gasteiger partial charge in [0.25, 0.3) is 0 Å². The molecule has 1 atom stereocenters. The predicted molar refractivity (Wildman–Crippen MR) is 77.3 cm³/mol. The third-order valence-electron chi connectivity index (χ3n) is 2.49. The van der Waals surface area contributed by atoms with Crippen LogP contribution in [0.4, 0.5) is 0 Å². The summed E-state index contributed by atoms with van der Waals surface area (Å²) in [4.78, 5) is 1.95. The van der Waals surface area contributed by atoms with Crippen LogP contribution in [0.5, 0.6) is 0 Å². The maximum absolute atomic E-state index is 10.1. The maximum atomic E-state index is 10.1. The van der Waals surface area contributed by atoms with Gasteiger partial charge in [0.05, 0.1) is 5.60 Å². The molecule has 0 aliphatic carbocycles. The average molecular weight is 291 g/mol. The van der Waals surface area contributed by atoms with Gasteiger partial charge >= 0.3 is 0 Å². The van der Waals surface area contributed by atoms with Crippen molar-refractivity contribution in [3.63, 3.8) is 0 Å². The Morgan fingerprint density at radius 2 is 2.00 bits per heavy atom. The number of nitrogens with one attached hydrogen (secondary N) is 1. The first kappa shape index (κ1) is 15.7. The molecular formula is C13H20Cl2N2O. The van der Waals surface area contributed by atoms with Gasteiger partial charge in [-0.15, -0.1) is 0 Å². The van der Waals surface area contributed by atoms with E-state index in [-0.39, 0.29) is 0 Å². The smallest absolute Gasteiger partial charge is 0.0869 e. The van der Waals surface area contributed by atoms with Crippen LogP contribution >= 0.6 is 23.2 Å². The van der Waals surface area contributed by atoms with E-state index >= 15 is 0 Å². The molecule has 5 heteroatoms. The molecule has 0 heterocycles. The largest absolute Gasteiger partial charge is 0.388 e. The standard InChI is InChI=1S/C13H20Cl2N2O/c1-13(18,9-17(2)3)8-16-7-10-6-11(14)4-5-12(10)15/h4-6,16,18H,7-9H2,1-3H3. The van der Waals surface area contributed by atoms with Crippen molar-refractivity contribution in [3.8, 4) is 0 Å². The van der Waals surface area contributed by atoms with Crippen molar-refractivity contribution in [1.29, 1.82) is 0 Å². The summed E-state index contributed by atoms with van der Waals surface area (Å²) in [5.41, 5.74) is 0.166. The molecule has 1 aromatic carbocycles. The average Bonchev–Trinajstić information content (AvgIpc) is 2.21. The van der Waals surface area contributed by atoms with Crippen molar-refractivity contribution < 1.29 is 5.11 Å². The molecule has 0 fully saturated rings. The van der Waals surface area contributed by atoms with E-state index in [0.717, 1.165) is 5.56 Å². The lowest BCUT2D eigenvalue weighted by Crippen LogP contribution is -2.45. The van der Waals surface area contributed by atoms with Crippen LogP contribution < -0.4 is 5.32 Å². The molecular weight excluding hydrogens is 271 g/mol. The van der Waals surface area contributed by atoms with Crippen molar-refractivity contribution in [1.82, 2.24) is 10.2 Å². The van der Waals surface area contributed by atoms with Gasteiger partial charge in [-0.2, -0.15) is 0 Å². The SMILES string of the molecule is CN(C)CC(C)(O)CNCc1cc(Cl)ccc1Cl. The Bertz CT molecular complexity index is 395. The summed E-state index contributed by atoms with van der Waals surface area (Å²) in [7, 11) is 3.87. The van der Waals surface area contributed by atoms with E-state index in [2.05, 4.69) is 5.32 Å². The first-order valence-corrected chi connectivity index (χ1v) is 6.57. The summed E-state index contributed by atoms with van der Waals surface area (Å²) in [6.07, 6.45) is 0. The Morgan fingerprint density at radius 1 is 1.33 bits per heavy atom. The fourth-order valence-corrected chi connectivity index (χ4v) is 2.26. The molecule has 0 spiro atoms. The van der Waals surface area contributed by atoms with Crippen molar-refractivity contribution >= 4 is 23.2 Å². The zero-order valence-electron chi connectivity index (χ0n) is 11.0. The topological polar surface area (TPSA) is 35.5 Å². The van der Waals surface area contributed by atoms with Gasteiger partial charge < -0.3 is 15.3 Å². The molecule has 3 nitrogen and oxygen atoms in total. The molecule has 2 N–H and O–H groups in total. The van der Waals surface area contributed by atoms with Crippen LogP contribution in [-0.2, 0) is 6.54 Å². The predicted octanol–water partition coefficient (Wildman–Crippen LogP) is 2.40. The number of rotatable bonds is 6. The zero-order chi connectivity index (χ0) is 13.8. The Hall–Kier alpha value is -0.320. The van der Waals surface area contributed by atoms with Crippen molar-refractivity contribution in [2.45, 2.75) is 19.1 Å². The number of hydrogen-bond acceptors (Lipinski definition) is 3. The lowest BCUT2D eigenvalue weighted by molar-refractivity contribution is 0.0336. The van der Waals surface area contributed by atoms with Gasteiger partial charge in [0.15, 0.2) is 0 Å². The van der Waals surface area contributed by atoms with E-state index in [1.54, 1.807) is 19.1 Å². The molecule has 1 unspecified atom stereocenters. The highest BCUT2D eigenvalue weighted by Crippen LogP contribution is 2.20. The molecule has 0 amide bonds. The van der Waals surface area contributed by atoms with Crippen molar-refractivity contribution in [3.05, 3.63) is 33.8 Å². The molecule has 0 aliphatic heterocycles. The minimum absolute atomic E-state index is 0.494. The Balaban J connectivity index is 2.48. The summed E-state index contributed by atoms with van der Waals surface area (Å²) in [6, 6.07) is 5.37. The number of hydrogen-bond donors (Lipinski definition) is 2. The highest BCUT2D eigenvalue weighted by molar-refractivity contribution is 6.33. The summed E-state index contributed by atoms with van der Waals surface area (Å²) < 4.78 is 0. The Morgan fingerprint density at radius 3 is 2.61 bits per heavy atom. The van der Waals surface area contributed by atoms with Crippen LogP contribution in [0.25, 0.3) is 0 Å². The zero-order valence-corrected chi connectivity index (χ0v) is 12.5. The van der Waals surface area contributed by atoms with Gasteiger partial charge in [-0.1, -0.05) is 23.2 Å². The summed E-state index contributed by atoms with van der Waals surface area (Å²) in [5.74, 6) is 0. The number of likely N-dealkylation sites (N-methyl/N-ethyl adjacent to an activating group) is 1. The van der Waals surface area contributed by atoms with Gasteiger partial charge in [0.2, 0.25) is 0 Å². The van der Waals surface area contributed by atoms with Gasteiger partial charge in [-0.3, -0.25) is 0 Å². The first-order chi connectivity index (χ1) is 8.30. The van der Waals surface area contributed by atoms with E-state index in [1.807, 2.05) is 25.1 Å². The molecule has 1 aromatic rings. The molecule has 1 rings (SSSR count). The van der Waals surface area contributed by atoms with Crippen molar-refractivity contribution in [2.75, 3.05) is 27.2 Å². The summed E-state index contributed by atoms with van der Waals surface area (Å²) >= 11 is 12.0. The minimum atomic E-state index is -0.769. The fraction of sp³-hybridized carbons (Fsp3) is 0.538.